The molecule has 2 aliphatic rings. The highest BCUT2D eigenvalue weighted by Gasteiger charge is 2.37. The largest absolute Gasteiger partial charge is 0.496 e. The SMILES string of the molecule is COCCNC1=CC(N)(c2ccc(S(C)(=O)=O)cc2OC)NC2=NCC=C12. The van der Waals surface area contributed by atoms with Crippen LogP contribution in [0.5, 0.6) is 5.75 Å². The number of methoxy groups -OCH3 is 2. The van der Waals surface area contributed by atoms with E-state index < -0.39 is 15.5 Å². The summed E-state index contributed by atoms with van der Waals surface area (Å²) in [6.45, 7) is 1.74. The molecule has 0 amide bonds. The molecule has 0 aromatic heterocycles. The predicted octanol–water partition coefficient (Wildman–Crippen LogP) is 0.272. The average Bonchev–Trinajstić information content (AvgIpc) is 3.08. The highest BCUT2D eigenvalue weighted by atomic mass is 32.2. The first-order valence-corrected chi connectivity index (χ1v) is 10.3. The number of fused-ring (bicyclic) bond motifs is 1. The summed E-state index contributed by atoms with van der Waals surface area (Å²) in [6, 6.07) is 4.67. The number of amidine groups is 1. The van der Waals surface area contributed by atoms with Crippen molar-refractivity contribution in [3.05, 3.63) is 47.2 Å². The third kappa shape index (κ3) is 3.85. The lowest BCUT2D eigenvalue weighted by Crippen LogP contribution is -2.55. The second-order valence-corrected chi connectivity index (χ2v) is 8.43. The highest BCUT2D eigenvalue weighted by Crippen LogP contribution is 2.34. The Morgan fingerprint density at radius 2 is 2.15 bits per heavy atom. The van der Waals surface area contributed by atoms with Gasteiger partial charge in [0.2, 0.25) is 0 Å². The number of nitrogens with zero attached hydrogens (tertiary/aromatic N) is 1. The van der Waals surface area contributed by atoms with Crippen molar-refractivity contribution in [2.75, 3.05) is 40.2 Å². The van der Waals surface area contributed by atoms with Crippen LogP contribution in [-0.4, -0.2) is 54.4 Å². The Morgan fingerprint density at radius 1 is 1.37 bits per heavy atom. The van der Waals surface area contributed by atoms with E-state index in [9.17, 15) is 8.42 Å². The summed E-state index contributed by atoms with van der Waals surface area (Å²) in [7, 11) is -0.235. The third-order valence-corrected chi connectivity index (χ3v) is 5.57. The standard InChI is InChI=1S/C18H24N4O4S/c1-25-9-8-20-15-11-18(19,22-17-13(15)6-7-21-17)14-5-4-12(27(3,23)24)10-16(14)26-2/h4-6,10-11,20H,7-9,19H2,1-3H3,(H,21,22). The maximum atomic E-state index is 11.9. The normalized spacial score (nSPS) is 21.6. The molecule has 1 aromatic carbocycles. The molecule has 146 valence electrons. The molecule has 8 nitrogen and oxygen atoms in total. The molecule has 2 aliphatic heterocycles. The van der Waals surface area contributed by atoms with Gasteiger partial charge in [-0.25, -0.2) is 8.42 Å². The zero-order valence-corrected chi connectivity index (χ0v) is 16.4. The number of nitrogens with two attached hydrogens (primary N) is 1. The molecule has 4 N–H and O–H groups in total. The van der Waals surface area contributed by atoms with Gasteiger partial charge >= 0.3 is 0 Å². The summed E-state index contributed by atoms with van der Waals surface area (Å²) in [5, 5.41) is 6.57. The topological polar surface area (TPSA) is 115 Å². The van der Waals surface area contributed by atoms with Crippen LogP contribution in [0.2, 0.25) is 0 Å². The quantitative estimate of drug-likeness (QED) is 0.571. The number of benzene rings is 1. The molecule has 1 aromatic rings. The minimum absolute atomic E-state index is 0.170. The van der Waals surface area contributed by atoms with Crippen LogP contribution in [0.15, 0.2) is 51.5 Å². The minimum atomic E-state index is -3.36. The van der Waals surface area contributed by atoms with Crippen molar-refractivity contribution in [3.63, 3.8) is 0 Å². The summed E-state index contributed by atoms with van der Waals surface area (Å²) >= 11 is 0. The fourth-order valence-corrected chi connectivity index (χ4v) is 3.75. The average molecular weight is 392 g/mol. The zero-order valence-electron chi connectivity index (χ0n) is 15.6. The van der Waals surface area contributed by atoms with Gasteiger partial charge < -0.3 is 25.8 Å². The number of hydrogen-bond acceptors (Lipinski definition) is 8. The Morgan fingerprint density at radius 3 is 2.81 bits per heavy atom. The lowest BCUT2D eigenvalue weighted by Gasteiger charge is -2.36. The van der Waals surface area contributed by atoms with E-state index in [0.29, 0.717) is 36.8 Å². The zero-order chi connectivity index (χ0) is 19.7. The molecule has 0 radical (unpaired) electrons. The van der Waals surface area contributed by atoms with Gasteiger partial charge in [-0.1, -0.05) is 6.08 Å². The van der Waals surface area contributed by atoms with Gasteiger partial charge in [-0.05, 0) is 24.3 Å². The maximum Gasteiger partial charge on any atom is 0.175 e. The predicted molar refractivity (Wildman–Crippen MR) is 103 cm³/mol. The van der Waals surface area contributed by atoms with Gasteiger partial charge in [-0.15, -0.1) is 0 Å². The Balaban J connectivity index is 2.05. The second-order valence-electron chi connectivity index (χ2n) is 6.41. The first-order valence-electron chi connectivity index (χ1n) is 8.45. The van der Waals surface area contributed by atoms with Crippen molar-refractivity contribution in [2.24, 2.45) is 10.7 Å². The molecular formula is C18H24N4O4S. The molecule has 3 rings (SSSR count). The summed E-state index contributed by atoms with van der Waals surface area (Å²) in [4.78, 5) is 4.62. The van der Waals surface area contributed by atoms with Crippen LogP contribution >= 0.6 is 0 Å². The number of nitrogens with one attached hydrogen (secondary N) is 2. The maximum absolute atomic E-state index is 11.9. The van der Waals surface area contributed by atoms with Crippen molar-refractivity contribution < 1.29 is 17.9 Å². The van der Waals surface area contributed by atoms with Gasteiger partial charge in [0.1, 0.15) is 17.2 Å². The van der Waals surface area contributed by atoms with Gasteiger partial charge in [0, 0.05) is 36.7 Å². The van der Waals surface area contributed by atoms with E-state index in [1.807, 2.05) is 12.2 Å². The molecule has 27 heavy (non-hydrogen) atoms. The molecular weight excluding hydrogens is 368 g/mol. The number of ether oxygens (including phenoxy) is 2. The van der Waals surface area contributed by atoms with E-state index in [4.69, 9.17) is 15.2 Å². The van der Waals surface area contributed by atoms with Crippen LogP contribution in [0.1, 0.15) is 5.56 Å². The summed E-state index contributed by atoms with van der Waals surface area (Å²) in [5.41, 5.74) is 7.97. The van der Waals surface area contributed by atoms with Crippen molar-refractivity contribution in [1.82, 2.24) is 10.6 Å². The van der Waals surface area contributed by atoms with E-state index in [0.717, 1.165) is 17.5 Å². The molecule has 0 bridgehead atoms. The van der Waals surface area contributed by atoms with Crippen LogP contribution in [0, 0.1) is 0 Å². The van der Waals surface area contributed by atoms with Gasteiger partial charge in [0.25, 0.3) is 0 Å². The first kappa shape index (κ1) is 19.4. The monoisotopic (exact) mass is 392 g/mol. The van der Waals surface area contributed by atoms with E-state index in [-0.39, 0.29) is 4.90 Å². The smallest absolute Gasteiger partial charge is 0.175 e. The molecule has 0 fully saturated rings. The van der Waals surface area contributed by atoms with Crippen LogP contribution in [0.3, 0.4) is 0 Å². The van der Waals surface area contributed by atoms with Crippen LogP contribution < -0.4 is 21.1 Å². The third-order valence-electron chi connectivity index (χ3n) is 4.46. The van der Waals surface area contributed by atoms with Crippen LogP contribution in [0.4, 0.5) is 0 Å². The fourth-order valence-electron chi connectivity index (χ4n) is 3.11. The Hall–Kier alpha value is -2.36. The molecule has 9 heteroatoms. The Bertz CT molecular complexity index is 937. The Kier molecular flexibility index (Phi) is 5.27. The van der Waals surface area contributed by atoms with E-state index >= 15 is 0 Å². The van der Waals surface area contributed by atoms with E-state index in [1.165, 1.54) is 19.2 Å². The van der Waals surface area contributed by atoms with Gasteiger partial charge in [0.05, 0.1) is 25.2 Å². The fraction of sp³-hybridized carbons (Fsp3) is 0.389. The number of rotatable bonds is 7. The van der Waals surface area contributed by atoms with Gasteiger partial charge in [0.15, 0.2) is 9.84 Å². The van der Waals surface area contributed by atoms with Crippen LogP contribution in [-0.2, 0) is 20.2 Å². The van der Waals surface area contributed by atoms with Crippen molar-refractivity contribution in [3.8, 4) is 5.75 Å². The molecule has 0 spiro atoms. The molecule has 2 heterocycles. The molecule has 0 saturated carbocycles. The first-order chi connectivity index (χ1) is 12.8. The van der Waals surface area contributed by atoms with Gasteiger partial charge in [-0.3, -0.25) is 4.99 Å². The Labute approximate surface area is 159 Å². The number of aliphatic imine (C=N–C) groups is 1. The summed E-state index contributed by atoms with van der Waals surface area (Å²) < 4.78 is 34.2. The summed E-state index contributed by atoms with van der Waals surface area (Å²) in [5.74, 6) is 1.07. The number of sulfone groups is 1. The minimum Gasteiger partial charge on any atom is -0.496 e. The molecule has 0 aliphatic carbocycles. The van der Waals surface area contributed by atoms with Crippen molar-refractivity contribution in [2.45, 2.75) is 10.6 Å². The van der Waals surface area contributed by atoms with Gasteiger partial charge in [-0.2, -0.15) is 0 Å². The lowest BCUT2D eigenvalue weighted by atomic mass is 9.92. The summed E-state index contributed by atoms with van der Waals surface area (Å²) in [6.07, 6.45) is 5.02. The highest BCUT2D eigenvalue weighted by molar-refractivity contribution is 7.90. The lowest BCUT2D eigenvalue weighted by molar-refractivity contribution is 0.202. The molecule has 1 atom stereocenters. The van der Waals surface area contributed by atoms with Crippen molar-refractivity contribution >= 4 is 15.7 Å². The van der Waals surface area contributed by atoms with E-state index in [2.05, 4.69) is 15.6 Å². The molecule has 0 saturated heterocycles. The second kappa shape index (κ2) is 7.34. The van der Waals surface area contributed by atoms with E-state index in [1.54, 1.807) is 13.2 Å². The van der Waals surface area contributed by atoms with Crippen LogP contribution in [0.25, 0.3) is 0 Å². The molecule has 1 unspecified atom stereocenters. The van der Waals surface area contributed by atoms with Crippen molar-refractivity contribution in [1.29, 1.82) is 0 Å². The number of hydrogen-bond donors (Lipinski definition) is 3.